The first-order valence-corrected chi connectivity index (χ1v) is 16.3. The van der Waals surface area contributed by atoms with Gasteiger partial charge in [-0.25, -0.2) is 9.78 Å². The molecule has 44 heavy (non-hydrogen) atoms. The van der Waals surface area contributed by atoms with Gasteiger partial charge in [-0.2, -0.15) is 0 Å². The summed E-state index contributed by atoms with van der Waals surface area (Å²) in [7, 11) is 1.69. The molecule has 1 spiro atoms. The number of hydrogen-bond acceptors (Lipinski definition) is 8. The molecule has 0 radical (unpaired) electrons. The number of hydrogen-bond donors (Lipinski definition) is 1. The minimum atomic E-state index is -0.487. The summed E-state index contributed by atoms with van der Waals surface area (Å²) in [6.07, 6.45) is 7.50. The Labute approximate surface area is 261 Å². The third kappa shape index (κ3) is 6.63. The van der Waals surface area contributed by atoms with E-state index in [0.717, 1.165) is 72.5 Å². The first kappa shape index (κ1) is 30.6. The molecule has 3 aliphatic rings. The van der Waals surface area contributed by atoms with Gasteiger partial charge in [0.15, 0.2) is 17.3 Å². The number of carbonyl (C=O) groups is 1. The SMILES string of the molecule is COc1cc2c(NC3CCC34CCN(C(=O)OC(C)(C)C)CC4)cc(-c3ccc(C)o3)nc2cc1OCCCN1CCCC1. The van der Waals surface area contributed by atoms with Gasteiger partial charge < -0.3 is 33.7 Å². The molecule has 1 aliphatic carbocycles. The van der Waals surface area contributed by atoms with Gasteiger partial charge in [-0.05, 0) is 115 Å². The largest absolute Gasteiger partial charge is 0.493 e. The molecule has 1 amide bonds. The highest BCUT2D eigenvalue weighted by Gasteiger charge is 2.49. The number of pyridine rings is 1. The van der Waals surface area contributed by atoms with Crippen LogP contribution >= 0.6 is 0 Å². The second-order valence-corrected chi connectivity index (χ2v) is 13.8. The number of furan rings is 1. The average Bonchev–Trinajstić information content (AvgIpc) is 3.68. The maximum Gasteiger partial charge on any atom is 0.410 e. The van der Waals surface area contributed by atoms with Crippen LogP contribution in [0.4, 0.5) is 10.5 Å². The molecule has 9 heteroatoms. The number of aromatic nitrogens is 1. The predicted molar refractivity (Wildman–Crippen MR) is 173 cm³/mol. The highest BCUT2D eigenvalue weighted by atomic mass is 16.6. The van der Waals surface area contributed by atoms with Gasteiger partial charge in [0.25, 0.3) is 0 Å². The van der Waals surface area contributed by atoms with Crippen molar-refractivity contribution in [1.29, 1.82) is 0 Å². The first-order chi connectivity index (χ1) is 21.1. The average molecular weight is 605 g/mol. The lowest BCUT2D eigenvalue weighted by Gasteiger charge is -2.54. The number of methoxy groups -OCH3 is 1. The van der Waals surface area contributed by atoms with Crippen LogP contribution in [-0.4, -0.2) is 79.0 Å². The summed E-state index contributed by atoms with van der Waals surface area (Å²) in [4.78, 5) is 22.1. The molecule has 3 fully saturated rings. The minimum absolute atomic E-state index is 0.151. The monoisotopic (exact) mass is 604 g/mol. The van der Waals surface area contributed by atoms with E-state index in [1.54, 1.807) is 7.11 Å². The highest BCUT2D eigenvalue weighted by molar-refractivity contribution is 5.96. The van der Waals surface area contributed by atoms with Crippen LogP contribution in [0.5, 0.6) is 11.5 Å². The molecule has 1 unspecified atom stereocenters. The molecule has 2 aliphatic heterocycles. The van der Waals surface area contributed by atoms with Crippen molar-refractivity contribution in [2.24, 2.45) is 5.41 Å². The molecule has 3 aromatic rings. The van der Waals surface area contributed by atoms with Gasteiger partial charge in [0.05, 0.1) is 19.2 Å². The van der Waals surface area contributed by atoms with Crippen molar-refractivity contribution in [2.75, 3.05) is 51.8 Å². The maximum absolute atomic E-state index is 12.7. The fourth-order valence-corrected chi connectivity index (χ4v) is 6.97. The van der Waals surface area contributed by atoms with Gasteiger partial charge in [-0.1, -0.05) is 0 Å². The summed E-state index contributed by atoms with van der Waals surface area (Å²) in [5.41, 5.74) is 2.29. The summed E-state index contributed by atoms with van der Waals surface area (Å²) in [6.45, 7) is 13.2. The second kappa shape index (κ2) is 12.5. The van der Waals surface area contributed by atoms with Crippen LogP contribution in [0.25, 0.3) is 22.4 Å². The summed E-state index contributed by atoms with van der Waals surface area (Å²) in [5, 5.41) is 4.91. The van der Waals surface area contributed by atoms with Crippen molar-refractivity contribution in [2.45, 2.75) is 84.3 Å². The molecule has 0 bridgehead atoms. The second-order valence-electron chi connectivity index (χ2n) is 13.8. The molecule has 1 saturated carbocycles. The third-order valence-electron chi connectivity index (χ3n) is 9.57. The quantitative estimate of drug-likeness (QED) is 0.255. The number of benzene rings is 1. The van der Waals surface area contributed by atoms with Crippen LogP contribution in [0.1, 0.15) is 71.5 Å². The van der Waals surface area contributed by atoms with Gasteiger partial charge in [0.1, 0.15) is 17.1 Å². The fourth-order valence-electron chi connectivity index (χ4n) is 6.97. The van der Waals surface area contributed by atoms with E-state index in [1.807, 2.05) is 56.9 Å². The standard InChI is InChI=1S/C35H48N4O5/c1-24-9-10-29(43-24)28-22-26(37-32-11-12-35(32)13-18-39(19-14-35)33(40)44-34(2,3)4)25-21-30(41-5)31(23-27(25)36-28)42-20-8-17-38-15-6-7-16-38/h9-10,21-23,32H,6-8,11-20H2,1-5H3,(H,36,37). The van der Waals surface area contributed by atoms with Crippen molar-refractivity contribution < 1.29 is 23.4 Å². The zero-order valence-corrected chi connectivity index (χ0v) is 27.0. The zero-order chi connectivity index (χ0) is 30.9. The molecule has 1 atom stereocenters. The molecule has 2 aromatic heterocycles. The van der Waals surface area contributed by atoms with E-state index >= 15 is 0 Å². The van der Waals surface area contributed by atoms with Crippen LogP contribution in [0, 0.1) is 12.3 Å². The van der Waals surface area contributed by atoms with Gasteiger partial charge in [-0.15, -0.1) is 0 Å². The minimum Gasteiger partial charge on any atom is -0.493 e. The van der Waals surface area contributed by atoms with E-state index in [2.05, 4.69) is 16.3 Å². The third-order valence-corrected chi connectivity index (χ3v) is 9.57. The molecule has 1 aromatic carbocycles. The Bertz CT molecular complexity index is 1460. The van der Waals surface area contributed by atoms with E-state index in [1.165, 1.54) is 25.9 Å². The number of fused-ring (bicyclic) bond motifs is 1. The van der Waals surface area contributed by atoms with Gasteiger partial charge in [-0.3, -0.25) is 0 Å². The topological polar surface area (TPSA) is 89.3 Å². The van der Waals surface area contributed by atoms with Crippen molar-refractivity contribution in [3.05, 3.63) is 36.1 Å². The van der Waals surface area contributed by atoms with E-state index in [-0.39, 0.29) is 11.5 Å². The van der Waals surface area contributed by atoms with E-state index in [0.29, 0.717) is 37.2 Å². The zero-order valence-electron chi connectivity index (χ0n) is 27.0. The normalized spacial score (nSPS) is 20.1. The predicted octanol–water partition coefficient (Wildman–Crippen LogP) is 7.27. The molecule has 1 N–H and O–H groups in total. The number of piperidine rings is 1. The highest BCUT2D eigenvalue weighted by Crippen LogP contribution is 2.51. The Morgan fingerprint density at radius 3 is 2.48 bits per heavy atom. The lowest BCUT2D eigenvalue weighted by Crippen LogP contribution is -2.56. The molecular formula is C35H48N4O5. The Balaban J connectivity index is 1.23. The molecule has 2 saturated heterocycles. The molecular weight excluding hydrogens is 556 g/mol. The van der Waals surface area contributed by atoms with Gasteiger partial charge in [0, 0.05) is 42.8 Å². The number of amides is 1. The van der Waals surface area contributed by atoms with Crippen molar-refractivity contribution in [3.8, 4) is 23.0 Å². The van der Waals surface area contributed by atoms with Crippen LogP contribution < -0.4 is 14.8 Å². The smallest absolute Gasteiger partial charge is 0.410 e. The van der Waals surface area contributed by atoms with E-state index in [4.69, 9.17) is 23.6 Å². The number of rotatable bonds is 9. The number of nitrogens with zero attached hydrogens (tertiary/aromatic N) is 3. The number of nitrogens with one attached hydrogen (secondary N) is 1. The number of ether oxygens (including phenoxy) is 3. The summed E-state index contributed by atoms with van der Waals surface area (Å²) < 4.78 is 23.7. The number of aryl methyl sites for hydroxylation is 1. The molecule has 9 nitrogen and oxygen atoms in total. The number of likely N-dealkylation sites (tertiary alicyclic amines) is 2. The van der Waals surface area contributed by atoms with Crippen molar-refractivity contribution in [1.82, 2.24) is 14.8 Å². The van der Waals surface area contributed by atoms with Gasteiger partial charge in [0.2, 0.25) is 0 Å². The maximum atomic E-state index is 12.7. The molecule has 238 valence electrons. The lowest BCUT2D eigenvalue weighted by molar-refractivity contribution is -0.0108. The lowest BCUT2D eigenvalue weighted by atomic mass is 9.59. The Kier molecular flexibility index (Phi) is 8.68. The number of anilines is 1. The molecule has 4 heterocycles. The Hall–Kier alpha value is -3.46. The van der Waals surface area contributed by atoms with Crippen molar-refractivity contribution in [3.63, 3.8) is 0 Å². The van der Waals surface area contributed by atoms with Gasteiger partial charge >= 0.3 is 6.09 Å². The summed E-state index contributed by atoms with van der Waals surface area (Å²) in [5.74, 6) is 3.01. The van der Waals surface area contributed by atoms with Crippen LogP contribution in [0.2, 0.25) is 0 Å². The van der Waals surface area contributed by atoms with Crippen LogP contribution in [-0.2, 0) is 4.74 Å². The van der Waals surface area contributed by atoms with Crippen LogP contribution in [0.3, 0.4) is 0 Å². The van der Waals surface area contributed by atoms with E-state index < -0.39 is 5.60 Å². The first-order valence-electron chi connectivity index (χ1n) is 16.3. The van der Waals surface area contributed by atoms with Crippen molar-refractivity contribution >= 4 is 22.7 Å². The summed E-state index contributed by atoms with van der Waals surface area (Å²) >= 11 is 0. The van der Waals surface area contributed by atoms with E-state index in [9.17, 15) is 4.79 Å². The Morgan fingerprint density at radius 2 is 1.84 bits per heavy atom. The fraction of sp³-hybridized carbons (Fsp3) is 0.600. The molecule has 6 rings (SSSR count). The Morgan fingerprint density at radius 1 is 1.07 bits per heavy atom. The number of carbonyl (C=O) groups excluding carboxylic acids is 1. The van der Waals surface area contributed by atoms with Crippen LogP contribution in [0.15, 0.2) is 34.7 Å². The summed E-state index contributed by atoms with van der Waals surface area (Å²) in [6, 6.07) is 10.4.